The number of pyridine rings is 1. The number of rotatable bonds is 3. The van der Waals surface area contributed by atoms with Crippen molar-refractivity contribution in [3.05, 3.63) is 18.3 Å². The number of ether oxygens (including phenoxy) is 1. The molecule has 1 saturated heterocycles. The van der Waals surface area contributed by atoms with E-state index in [4.69, 9.17) is 4.74 Å². The molecule has 1 aromatic rings. The predicted molar refractivity (Wildman–Crippen MR) is 86.3 cm³/mol. The smallest absolute Gasteiger partial charge is 0.313 e. The first-order valence-corrected chi connectivity index (χ1v) is 8.13. The molecule has 0 radical (unpaired) electrons. The van der Waals surface area contributed by atoms with E-state index < -0.39 is 11.8 Å². The van der Waals surface area contributed by atoms with E-state index in [9.17, 15) is 9.59 Å². The van der Waals surface area contributed by atoms with E-state index in [0.29, 0.717) is 37.8 Å². The molecule has 0 spiro atoms. The van der Waals surface area contributed by atoms with Crippen LogP contribution in [0.25, 0.3) is 0 Å². The number of carbonyl (C=O) groups is 2. The molecule has 0 bridgehead atoms. The highest BCUT2D eigenvalue weighted by molar-refractivity contribution is 6.40. The summed E-state index contributed by atoms with van der Waals surface area (Å²) in [6, 6.07) is 3.63. The van der Waals surface area contributed by atoms with Gasteiger partial charge < -0.3 is 20.3 Å². The average molecular weight is 318 g/mol. The number of carbonyl (C=O) groups excluding carboxylic acids is 2. The quantitative estimate of drug-likeness (QED) is 0.810. The molecule has 7 heteroatoms. The molecule has 2 heterocycles. The Hall–Kier alpha value is -2.15. The fraction of sp³-hybridized carbons (Fsp3) is 0.562. The zero-order chi connectivity index (χ0) is 16.1. The molecule has 1 aliphatic carbocycles. The Morgan fingerprint density at radius 2 is 1.91 bits per heavy atom. The van der Waals surface area contributed by atoms with E-state index in [2.05, 4.69) is 15.6 Å². The van der Waals surface area contributed by atoms with Crippen molar-refractivity contribution in [2.24, 2.45) is 0 Å². The van der Waals surface area contributed by atoms with Gasteiger partial charge in [-0.2, -0.15) is 0 Å². The number of nitrogens with one attached hydrogen (secondary N) is 2. The zero-order valence-corrected chi connectivity index (χ0v) is 13.1. The van der Waals surface area contributed by atoms with Gasteiger partial charge in [0.05, 0.1) is 18.9 Å². The zero-order valence-electron chi connectivity index (χ0n) is 13.1. The third-order valence-electron chi connectivity index (χ3n) is 4.24. The van der Waals surface area contributed by atoms with Crippen LogP contribution >= 0.6 is 0 Å². The maximum atomic E-state index is 12.1. The third kappa shape index (κ3) is 3.98. The summed E-state index contributed by atoms with van der Waals surface area (Å²) in [7, 11) is 0. The summed E-state index contributed by atoms with van der Waals surface area (Å²) in [5.41, 5.74) is 0.556. The molecule has 0 unspecified atom stereocenters. The normalized spacial score (nSPS) is 18.7. The van der Waals surface area contributed by atoms with Crippen LogP contribution in [0.1, 0.15) is 25.7 Å². The van der Waals surface area contributed by atoms with Crippen LogP contribution in [-0.2, 0) is 14.3 Å². The monoisotopic (exact) mass is 318 g/mol. The average Bonchev–Trinajstić information content (AvgIpc) is 3.09. The van der Waals surface area contributed by atoms with Crippen molar-refractivity contribution >= 4 is 23.3 Å². The minimum absolute atomic E-state index is 0.126. The maximum Gasteiger partial charge on any atom is 0.313 e. The topological polar surface area (TPSA) is 83.6 Å². The first kappa shape index (κ1) is 15.7. The van der Waals surface area contributed by atoms with Crippen molar-refractivity contribution in [1.82, 2.24) is 10.3 Å². The Kier molecular flexibility index (Phi) is 5.07. The summed E-state index contributed by atoms with van der Waals surface area (Å²) in [4.78, 5) is 30.5. The lowest BCUT2D eigenvalue weighted by atomic mass is 10.2. The van der Waals surface area contributed by atoms with Gasteiger partial charge in [-0.15, -0.1) is 0 Å². The van der Waals surface area contributed by atoms with E-state index in [0.717, 1.165) is 25.7 Å². The first-order chi connectivity index (χ1) is 11.2. The minimum Gasteiger partial charge on any atom is -0.378 e. The van der Waals surface area contributed by atoms with Gasteiger partial charge in [0.25, 0.3) is 0 Å². The molecule has 2 fully saturated rings. The molecule has 23 heavy (non-hydrogen) atoms. The van der Waals surface area contributed by atoms with Crippen LogP contribution < -0.4 is 15.5 Å². The number of hydrogen-bond acceptors (Lipinski definition) is 5. The van der Waals surface area contributed by atoms with Gasteiger partial charge >= 0.3 is 11.8 Å². The van der Waals surface area contributed by atoms with Crippen molar-refractivity contribution in [2.75, 3.05) is 36.5 Å². The van der Waals surface area contributed by atoms with Gasteiger partial charge in [-0.1, -0.05) is 12.8 Å². The summed E-state index contributed by atoms with van der Waals surface area (Å²) < 4.78 is 5.33. The number of hydrogen-bond donors (Lipinski definition) is 2. The van der Waals surface area contributed by atoms with Crippen LogP contribution in [0.2, 0.25) is 0 Å². The molecule has 1 aliphatic heterocycles. The van der Waals surface area contributed by atoms with Crippen molar-refractivity contribution in [3.8, 4) is 0 Å². The van der Waals surface area contributed by atoms with Crippen molar-refractivity contribution in [3.63, 3.8) is 0 Å². The standard InChI is InChI=1S/C16H22N4O3/c21-15(18-12-4-1-2-5-12)16(22)19-13-6-3-7-17-14(13)20-8-10-23-11-9-20/h3,6-7,12H,1-2,4-5,8-11H2,(H,18,21)(H,19,22). The molecule has 0 aromatic carbocycles. The molecule has 7 nitrogen and oxygen atoms in total. The summed E-state index contributed by atoms with van der Waals surface area (Å²) in [6.07, 6.45) is 5.79. The molecule has 3 rings (SSSR count). The third-order valence-corrected chi connectivity index (χ3v) is 4.24. The lowest BCUT2D eigenvalue weighted by Crippen LogP contribution is -2.41. The van der Waals surface area contributed by atoms with E-state index in [1.807, 2.05) is 4.90 Å². The van der Waals surface area contributed by atoms with Crippen molar-refractivity contribution in [1.29, 1.82) is 0 Å². The molecule has 124 valence electrons. The molecular weight excluding hydrogens is 296 g/mol. The highest BCUT2D eigenvalue weighted by Crippen LogP contribution is 2.23. The minimum atomic E-state index is -0.639. The fourth-order valence-corrected chi connectivity index (χ4v) is 3.02. The van der Waals surface area contributed by atoms with E-state index in [-0.39, 0.29) is 6.04 Å². The van der Waals surface area contributed by atoms with E-state index in [1.54, 1.807) is 18.3 Å². The second-order valence-electron chi connectivity index (χ2n) is 5.88. The first-order valence-electron chi connectivity index (χ1n) is 8.13. The van der Waals surface area contributed by atoms with Gasteiger partial charge in [0, 0.05) is 25.3 Å². The largest absolute Gasteiger partial charge is 0.378 e. The Bertz CT molecular complexity index is 566. The highest BCUT2D eigenvalue weighted by atomic mass is 16.5. The predicted octanol–water partition coefficient (Wildman–Crippen LogP) is 0.915. The number of nitrogens with zero attached hydrogens (tertiary/aromatic N) is 2. The van der Waals surface area contributed by atoms with Crippen molar-refractivity contribution in [2.45, 2.75) is 31.7 Å². The van der Waals surface area contributed by atoms with Gasteiger partial charge in [0.15, 0.2) is 5.82 Å². The second kappa shape index (κ2) is 7.41. The molecule has 2 N–H and O–H groups in total. The lowest BCUT2D eigenvalue weighted by Gasteiger charge is -2.29. The SMILES string of the molecule is O=C(Nc1cccnc1N1CCOCC1)C(=O)NC1CCCC1. The lowest BCUT2D eigenvalue weighted by molar-refractivity contribution is -0.136. The molecule has 1 aromatic heterocycles. The van der Waals surface area contributed by atoms with E-state index in [1.165, 1.54) is 0 Å². The summed E-state index contributed by atoms with van der Waals surface area (Å²) in [5.74, 6) is -0.536. The second-order valence-corrected chi connectivity index (χ2v) is 5.88. The van der Waals surface area contributed by atoms with Gasteiger partial charge in [-0.3, -0.25) is 9.59 Å². The van der Waals surface area contributed by atoms with E-state index >= 15 is 0 Å². The molecular formula is C16H22N4O3. The Morgan fingerprint density at radius 1 is 1.17 bits per heavy atom. The summed E-state index contributed by atoms with van der Waals surface area (Å²) in [5, 5.41) is 5.48. The van der Waals surface area contributed by atoms with Gasteiger partial charge in [0.2, 0.25) is 0 Å². The Labute approximate surface area is 135 Å². The van der Waals surface area contributed by atoms with Crippen LogP contribution in [0, 0.1) is 0 Å². The molecule has 2 amide bonds. The number of morpholine rings is 1. The maximum absolute atomic E-state index is 12.1. The highest BCUT2D eigenvalue weighted by Gasteiger charge is 2.23. The number of amides is 2. The van der Waals surface area contributed by atoms with Crippen molar-refractivity contribution < 1.29 is 14.3 Å². The van der Waals surface area contributed by atoms with Crippen LogP contribution in [-0.4, -0.2) is 49.1 Å². The Balaban J connectivity index is 1.64. The summed E-state index contributed by atoms with van der Waals surface area (Å²) in [6.45, 7) is 2.70. The number of aromatic nitrogens is 1. The van der Waals surface area contributed by atoms with Gasteiger partial charge in [0.1, 0.15) is 0 Å². The molecule has 1 saturated carbocycles. The van der Waals surface area contributed by atoms with Crippen LogP contribution in [0.15, 0.2) is 18.3 Å². The van der Waals surface area contributed by atoms with Crippen LogP contribution in [0.3, 0.4) is 0 Å². The summed E-state index contributed by atoms with van der Waals surface area (Å²) >= 11 is 0. The molecule has 2 aliphatic rings. The van der Waals surface area contributed by atoms with Gasteiger partial charge in [-0.25, -0.2) is 4.98 Å². The fourth-order valence-electron chi connectivity index (χ4n) is 3.02. The van der Waals surface area contributed by atoms with Crippen LogP contribution in [0.4, 0.5) is 11.5 Å². The van der Waals surface area contributed by atoms with Gasteiger partial charge in [-0.05, 0) is 25.0 Å². The molecule has 0 atom stereocenters. The number of anilines is 2. The van der Waals surface area contributed by atoms with Crippen LogP contribution in [0.5, 0.6) is 0 Å². The Morgan fingerprint density at radius 3 is 2.65 bits per heavy atom.